The molecule has 1 atom stereocenters. The van der Waals surface area contributed by atoms with E-state index in [0.717, 1.165) is 17.7 Å². The molecule has 19 heavy (non-hydrogen) atoms. The molecule has 0 bridgehead atoms. The second-order valence-electron chi connectivity index (χ2n) is 5.16. The fourth-order valence-electron chi connectivity index (χ4n) is 2.49. The maximum atomic E-state index is 12.1. The van der Waals surface area contributed by atoms with Crippen LogP contribution >= 0.6 is 11.3 Å². The van der Waals surface area contributed by atoms with E-state index >= 15 is 0 Å². The molecule has 1 aliphatic carbocycles. The molecule has 1 saturated carbocycles. The molecule has 1 heterocycles. The van der Waals surface area contributed by atoms with Crippen molar-refractivity contribution in [2.75, 3.05) is 0 Å². The van der Waals surface area contributed by atoms with E-state index in [-0.39, 0.29) is 18.4 Å². The van der Waals surface area contributed by atoms with Crippen LogP contribution in [0.25, 0.3) is 0 Å². The molecule has 0 radical (unpaired) electrons. The molecular formula is C14H19NO3S. The fourth-order valence-corrected chi connectivity index (χ4v) is 3.35. The summed E-state index contributed by atoms with van der Waals surface area (Å²) >= 11 is 1.61. The van der Waals surface area contributed by atoms with Gasteiger partial charge < -0.3 is 10.4 Å². The summed E-state index contributed by atoms with van der Waals surface area (Å²) in [6.45, 7) is 2.01. The molecule has 104 valence electrons. The van der Waals surface area contributed by atoms with Gasteiger partial charge in [-0.05, 0) is 30.7 Å². The molecule has 1 aromatic heterocycles. The monoisotopic (exact) mass is 281 g/mol. The fraction of sp³-hybridized carbons (Fsp3) is 0.571. The van der Waals surface area contributed by atoms with Gasteiger partial charge in [-0.1, -0.05) is 19.4 Å². The average molecular weight is 281 g/mol. The number of carboxylic acids is 1. The van der Waals surface area contributed by atoms with Crippen LogP contribution in [0.4, 0.5) is 0 Å². The highest BCUT2D eigenvalue weighted by Crippen LogP contribution is 2.44. The van der Waals surface area contributed by atoms with Crippen molar-refractivity contribution in [1.29, 1.82) is 0 Å². The van der Waals surface area contributed by atoms with Gasteiger partial charge >= 0.3 is 5.97 Å². The predicted octanol–water partition coefficient (Wildman–Crippen LogP) is 2.96. The van der Waals surface area contributed by atoms with Gasteiger partial charge in [0.05, 0.1) is 11.5 Å². The van der Waals surface area contributed by atoms with Crippen LogP contribution in [-0.2, 0) is 9.59 Å². The molecule has 1 fully saturated rings. The number of carbonyl (C=O) groups is 2. The van der Waals surface area contributed by atoms with Crippen LogP contribution in [0.1, 0.15) is 49.9 Å². The summed E-state index contributed by atoms with van der Waals surface area (Å²) in [5.41, 5.74) is -0.808. The second-order valence-corrected chi connectivity index (χ2v) is 6.14. The van der Waals surface area contributed by atoms with Crippen LogP contribution in [0.15, 0.2) is 17.5 Å². The number of hydrogen-bond donors (Lipinski definition) is 2. The van der Waals surface area contributed by atoms with Crippen molar-refractivity contribution < 1.29 is 14.7 Å². The van der Waals surface area contributed by atoms with Crippen LogP contribution < -0.4 is 5.32 Å². The Morgan fingerprint density at radius 2 is 2.26 bits per heavy atom. The molecule has 0 aliphatic heterocycles. The third-order valence-electron chi connectivity index (χ3n) is 3.89. The Labute approximate surface area is 116 Å². The molecule has 2 rings (SSSR count). The minimum Gasteiger partial charge on any atom is -0.481 e. The highest BCUT2D eigenvalue weighted by molar-refractivity contribution is 7.10. The lowest BCUT2D eigenvalue weighted by molar-refractivity contribution is -0.157. The first-order valence-electron chi connectivity index (χ1n) is 6.63. The number of nitrogens with one attached hydrogen (secondary N) is 1. The summed E-state index contributed by atoms with van der Waals surface area (Å²) in [5, 5.41) is 14.2. The molecule has 0 aromatic carbocycles. The first-order valence-corrected chi connectivity index (χ1v) is 7.51. The molecule has 0 spiro atoms. The zero-order valence-corrected chi connectivity index (χ0v) is 11.8. The molecule has 5 heteroatoms. The van der Waals surface area contributed by atoms with Gasteiger partial charge in [-0.25, -0.2) is 0 Å². The molecule has 1 aromatic rings. The van der Waals surface area contributed by atoms with Crippen LogP contribution in [0.5, 0.6) is 0 Å². The smallest absolute Gasteiger partial charge is 0.310 e. The quantitative estimate of drug-likeness (QED) is 0.842. The van der Waals surface area contributed by atoms with Crippen LogP contribution in [0, 0.1) is 5.41 Å². The van der Waals surface area contributed by atoms with Crippen LogP contribution in [-0.4, -0.2) is 17.0 Å². The third kappa shape index (κ3) is 2.97. The van der Waals surface area contributed by atoms with Gasteiger partial charge in [-0.2, -0.15) is 0 Å². The van der Waals surface area contributed by atoms with E-state index in [1.807, 2.05) is 24.4 Å². The van der Waals surface area contributed by atoms with Gasteiger partial charge in [0.25, 0.3) is 0 Å². The van der Waals surface area contributed by atoms with Gasteiger partial charge in [-0.3, -0.25) is 9.59 Å². The van der Waals surface area contributed by atoms with E-state index in [1.54, 1.807) is 11.3 Å². The van der Waals surface area contributed by atoms with Gasteiger partial charge in [0.2, 0.25) is 5.91 Å². The molecule has 4 nitrogen and oxygen atoms in total. The lowest BCUT2D eigenvalue weighted by Gasteiger charge is -2.37. The Morgan fingerprint density at radius 1 is 1.53 bits per heavy atom. The van der Waals surface area contributed by atoms with Crippen molar-refractivity contribution in [2.45, 2.75) is 45.1 Å². The Hall–Kier alpha value is -1.36. The zero-order valence-electron chi connectivity index (χ0n) is 11.0. The first-order chi connectivity index (χ1) is 9.07. The number of aliphatic carboxylic acids is 1. The Bertz CT molecular complexity index is 451. The summed E-state index contributed by atoms with van der Waals surface area (Å²) in [6.07, 6.45) is 3.05. The van der Waals surface area contributed by atoms with E-state index in [2.05, 4.69) is 5.32 Å². The summed E-state index contributed by atoms with van der Waals surface area (Å²) in [4.78, 5) is 24.4. The average Bonchev–Trinajstić information content (AvgIpc) is 2.83. The Morgan fingerprint density at radius 3 is 2.68 bits per heavy atom. The molecule has 0 saturated heterocycles. The van der Waals surface area contributed by atoms with Gasteiger partial charge in [0.15, 0.2) is 0 Å². The minimum absolute atomic E-state index is 0.00146. The lowest BCUT2D eigenvalue weighted by Crippen LogP contribution is -2.43. The van der Waals surface area contributed by atoms with E-state index in [9.17, 15) is 14.7 Å². The number of rotatable bonds is 6. The third-order valence-corrected chi connectivity index (χ3v) is 4.88. The van der Waals surface area contributed by atoms with Gasteiger partial charge in [0.1, 0.15) is 0 Å². The van der Waals surface area contributed by atoms with Crippen molar-refractivity contribution in [3.63, 3.8) is 0 Å². The largest absolute Gasteiger partial charge is 0.481 e. The summed E-state index contributed by atoms with van der Waals surface area (Å²) in [7, 11) is 0. The minimum atomic E-state index is -0.835. The molecule has 1 amide bonds. The zero-order chi connectivity index (χ0) is 13.9. The van der Waals surface area contributed by atoms with Crippen LogP contribution in [0.3, 0.4) is 0 Å². The molecule has 2 N–H and O–H groups in total. The SMILES string of the molecule is CCC(NC(=O)CC1(C(=O)O)CCC1)c1cccs1. The summed E-state index contributed by atoms with van der Waals surface area (Å²) in [5.74, 6) is -0.986. The number of hydrogen-bond acceptors (Lipinski definition) is 3. The van der Waals surface area contributed by atoms with Crippen LogP contribution in [0.2, 0.25) is 0 Å². The second kappa shape index (κ2) is 5.74. The topological polar surface area (TPSA) is 66.4 Å². The van der Waals surface area contributed by atoms with E-state index in [0.29, 0.717) is 12.8 Å². The molecular weight excluding hydrogens is 262 g/mol. The summed E-state index contributed by atoms with van der Waals surface area (Å²) in [6, 6.07) is 3.95. The highest BCUT2D eigenvalue weighted by Gasteiger charge is 2.46. The van der Waals surface area contributed by atoms with Crippen molar-refractivity contribution in [3.8, 4) is 0 Å². The maximum absolute atomic E-state index is 12.1. The van der Waals surface area contributed by atoms with Crippen molar-refractivity contribution in [3.05, 3.63) is 22.4 Å². The van der Waals surface area contributed by atoms with Crippen molar-refractivity contribution in [2.24, 2.45) is 5.41 Å². The standard InChI is InChI=1S/C14H19NO3S/c1-2-10(11-5-3-8-19-11)15-12(16)9-14(13(17)18)6-4-7-14/h3,5,8,10H,2,4,6-7,9H2,1H3,(H,15,16)(H,17,18). The number of carbonyl (C=O) groups excluding carboxylic acids is 1. The van der Waals surface area contributed by atoms with Gasteiger partial charge in [-0.15, -0.1) is 11.3 Å². The van der Waals surface area contributed by atoms with E-state index in [1.165, 1.54) is 0 Å². The Kier molecular flexibility index (Phi) is 4.24. The maximum Gasteiger partial charge on any atom is 0.310 e. The first kappa shape index (κ1) is 14.1. The van der Waals surface area contributed by atoms with E-state index in [4.69, 9.17) is 0 Å². The molecule has 1 unspecified atom stereocenters. The highest BCUT2D eigenvalue weighted by atomic mass is 32.1. The summed E-state index contributed by atoms with van der Waals surface area (Å²) < 4.78 is 0. The predicted molar refractivity (Wildman–Crippen MR) is 74.0 cm³/mol. The van der Waals surface area contributed by atoms with E-state index < -0.39 is 11.4 Å². The van der Waals surface area contributed by atoms with Crippen molar-refractivity contribution >= 4 is 23.2 Å². The van der Waals surface area contributed by atoms with Gasteiger partial charge in [0, 0.05) is 11.3 Å². The normalized spacial score (nSPS) is 18.4. The number of carboxylic acid groups (broad SMARTS) is 1. The number of amides is 1. The number of thiophene rings is 1. The van der Waals surface area contributed by atoms with Crippen molar-refractivity contribution in [1.82, 2.24) is 5.32 Å². The molecule has 1 aliphatic rings. The Balaban J connectivity index is 1.95. The lowest BCUT2D eigenvalue weighted by atomic mass is 9.66.